The first-order chi connectivity index (χ1) is 5.22. The van der Waals surface area contributed by atoms with E-state index in [9.17, 15) is 4.79 Å². The number of nitrogens with one attached hydrogen (secondary N) is 1. The second kappa shape index (κ2) is 3.20. The number of carbonyl (C=O) groups is 1. The molecule has 0 aromatic carbocycles. The standard InChI is InChI=1S/C7H12N2O2.ClH/c1-9-5-7(3-8-4-7)11-2-6(9)10;/h8H,2-5H2,1H3;1H. The van der Waals surface area contributed by atoms with Crippen LogP contribution in [0.4, 0.5) is 0 Å². The van der Waals surface area contributed by atoms with Gasteiger partial charge in [0, 0.05) is 20.1 Å². The van der Waals surface area contributed by atoms with Gasteiger partial charge >= 0.3 is 0 Å². The average Bonchev–Trinajstić information content (AvgIpc) is 1.92. The molecule has 0 aliphatic carbocycles. The van der Waals surface area contributed by atoms with Crippen LogP contribution in [0.1, 0.15) is 0 Å². The monoisotopic (exact) mass is 192 g/mol. The summed E-state index contributed by atoms with van der Waals surface area (Å²) < 4.78 is 5.43. The molecule has 1 amide bonds. The van der Waals surface area contributed by atoms with Crippen LogP contribution in [0.15, 0.2) is 0 Å². The predicted molar refractivity (Wildman–Crippen MR) is 46.4 cm³/mol. The number of morpholine rings is 1. The summed E-state index contributed by atoms with van der Waals surface area (Å²) in [5, 5.41) is 3.14. The van der Waals surface area contributed by atoms with E-state index in [4.69, 9.17) is 4.74 Å². The molecule has 0 bridgehead atoms. The van der Waals surface area contributed by atoms with Gasteiger partial charge in [-0.15, -0.1) is 12.4 Å². The highest BCUT2D eigenvalue weighted by atomic mass is 35.5. The number of halogens is 1. The van der Waals surface area contributed by atoms with Crippen LogP contribution < -0.4 is 5.32 Å². The van der Waals surface area contributed by atoms with Crippen LogP contribution >= 0.6 is 12.4 Å². The normalized spacial score (nSPS) is 26.4. The van der Waals surface area contributed by atoms with Crippen molar-refractivity contribution in [2.45, 2.75) is 5.60 Å². The topological polar surface area (TPSA) is 41.6 Å². The first-order valence-electron chi connectivity index (χ1n) is 3.81. The minimum Gasteiger partial charge on any atom is -0.361 e. The molecule has 0 radical (unpaired) electrons. The molecular weight excluding hydrogens is 180 g/mol. The maximum absolute atomic E-state index is 11.0. The fourth-order valence-corrected chi connectivity index (χ4v) is 1.51. The lowest BCUT2D eigenvalue weighted by Gasteiger charge is -2.47. The number of ether oxygens (including phenoxy) is 1. The smallest absolute Gasteiger partial charge is 0.248 e. The van der Waals surface area contributed by atoms with Gasteiger partial charge in [0.2, 0.25) is 5.91 Å². The van der Waals surface area contributed by atoms with Crippen molar-refractivity contribution in [1.82, 2.24) is 10.2 Å². The third-order valence-corrected chi connectivity index (χ3v) is 2.35. The zero-order valence-corrected chi connectivity index (χ0v) is 7.82. The van der Waals surface area contributed by atoms with Crippen molar-refractivity contribution in [1.29, 1.82) is 0 Å². The molecule has 70 valence electrons. The van der Waals surface area contributed by atoms with Crippen molar-refractivity contribution in [2.24, 2.45) is 0 Å². The number of rotatable bonds is 0. The minimum absolute atomic E-state index is 0. The van der Waals surface area contributed by atoms with Gasteiger partial charge in [-0.3, -0.25) is 4.79 Å². The molecule has 4 nitrogen and oxygen atoms in total. The van der Waals surface area contributed by atoms with Gasteiger partial charge in [0.15, 0.2) is 0 Å². The van der Waals surface area contributed by atoms with E-state index in [-0.39, 0.29) is 30.5 Å². The van der Waals surface area contributed by atoms with Crippen LogP contribution in [-0.4, -0.2) is 49.7 Å². The number of likely N-dealkylation sites (N-methyl/N-ethyl adjacent to an activating group) is 1. The largest absolute Gasteiger partial charge is 0.361 e. The summed E-state index contributed by atoms with van der Waals surface area (Å²) >= 11 is 0. The third kappa shape index (κ3) is 1.42. The number of nitrogens with zero attached hydrogens (tertiary/aromatic N) is 1. The number of amides is 1. The van der Waals surface area contributed by atoms with E-state index in [2.05, 4.69) is 5.32 Å². The molecule has 2 heterocycles. The molecule has 2 rings (SSSR count). The summed E-state index contributed by atoms with van der Waals surface area (Å²) in [6.07, 6.45) is 0. The molecule has 0 aromatic rings. The van der Waals surface area contributed by atoms with E-state index in [1.165, 1.54) is 0 Å². The van der Waals surface area contributed by atoms with Crippen LogP contribution in [0, 0.1) is 0 Å². The van der Waals surface area contributed by atoms with Crippen molar-refractivity contribution < 1.29 is 9.53 Å². The molecule has 2 fully saturated rings. The SMILES string of the molecule is CN1CC2(CNC2)OCC1=O.Cl. The quantitative estimate of drug-likeness (QED) is 0.549. The van der Waals surface area contributed by atoms with Gasteiger partial charge in [0.05, 0.1) is 6.54 Å². The first-order valence-corrected chi connectivity index (χ1v) is 3.81. The number of hydrogen-bond acceptors (Lipinski definition) is 3. The summed E-state index contributed by atoms with van der Waals surface area (Å²) in [5.41, 5.74) is -0.0529. The van der Waals surface area contributed by atoms with E-state index >= 15 is 0 Å². The highest BCUT2D eigenvalue weighted by molar-refractivity contribution is 5.85. The Kier molecular flexibility index (Phi) is 2.61. The Morgan fingerprint density at radius 2 is 2.25 bits per heavy atom. The van der Waals surface area contributed by atoms with Crippen molar-refractivity contribution >= 4 is 18.3 Å². The lowest BCUT2D eigenvalue weighted by atomic mass is 9.95. The van der Waals surface area contributed by atoms with Crippen molar-refractivity contribution in [3.8, 4) is 0 Å². The Morgan fingerprint density at radius 1 is 1.58 bits per heavy atom. The Balaban J connectivity index is 0.000000720. The Bertz CT molecular complexity index is 194. The van der Waals surface area contributed by atoms with Crippen LogP contribution in [0.2, 0.25) is 0 Å². The van der Waals surface area contributed by atoms with E-state index in [0.717, 1.165) is 19.6 Å². The van der Waals surface area contributed by atoms with Crippen LogP contribution in [0.3, 0.4) is 0 Å². The Hall–Kier alpha value is -0.320. The second-order valence-electron chi connectivity index (χ2n) is 3.33. The summed E-state index contributed by atoms with van der Waals surface area (Å²) in [4.78, 5) is 12.7. The molecule has 0 atom stereocenters. The molecule has 0 saturated carbocycles. The van der Waals surface area contributed by atoms with Gasteiger partial charge in [-0.25, -0.2) is 0 Å². The average molecular weight is 193 g/mol. The third-order valence-electron chi connectivity index (χ3n) is 2.35. The van der Waals surface area contributed by atoms with Crippen LogP contribution in [-0.2, 0) is 9.53 Å². The zero-order valence-electron chi connectivity index (χ0n) is 7.00. The molecule has 0 aromatic heterocycles. The highest BCUT2D eigenvalue weighted by Crippen LogP contribution is 2.21. The summed E-state index contributed by atoms with van der Waals surface area (Å²) in [7, 11) is 1.82. The fourth-order valence-electron chi connectivity index (χ4n) is 1.51. The van der Waals surface area contributed by atoms with E-state index in [0.29, 0.717) is 0 Å². The van der Waals surface area contributed by atoms with Crippen LogP contribution in [0.5, 0.6) is 0 Å². The fraction of sp³-hybridized carbons (Fsp3) is 0.857. The summed E-state index contributed by atoms with van der Waals surface area (Å²) in [5.74, 6) is 0.0857. The summed E-state index contributed by atoms with van der Waals surface area (Å²) in [6, 6.07) is 0. The Labute approximate surface area is 77.7 Å². The second-order valence-corrected chi connectivity index (χ2v) is 3.33. The van der Waals surface area contributed by atoms with Gasteiger partial charge in [0.25, 0.3) is 0 Å². The minimum atomic E-state index is -0.0529. The van der Waals surface area contributed by atoms with E-state index < -0.39 is 0 Å². The van der Waals surface area contributed by atoms with Gasteiger partial charge < -0.3 is 15.0 Å². The van der Waals surface area contributed by atoms with Gasteiger partial charge in [-0.1, -0.05) is 0 Å². The van der Waals surface area contributed by atoms with Crippen molar-refractivity contribution in [3.63, 3.8) is 0 Å². The molecule has 12 heavy (non-hydrogen) atoms. The Morgan fingerprint density at radius 3 is 2.67 bits per heavy atom. The van der Waals surface area contributed by atoms with Crippen LogP contribution in [0.25, 0.3) is 0 Å². The lowest BCUT2D eigenvalue weighted by molar-refractivity contribution is -0.169. The molecular formula is C7H13ClN2O2. The lowest BCUT2D eigenvalue weighted by Crippen LogP contribution is -2.69. The molecule has 2 saturated heterocycles. The number of hydrogen-bond donors (Lipinski definition) is 1. The van der Waals surface area contributed by atoms with E-state index in [1.54, 1.807) is 4.90 Å². The zero-order chi connectivity index (χ0) is 7.90. The summed E-state index contributed by atoms with van der Waals surface area (Å²) in [6.45, 7) is 2.74. The number of carbonyl (C=O) groups excluding carboxylic acids is 1. The molecule has 2 aliphatic rings. The maximum atomic E-state index is 11.0. The molecule has 0 unspecified atom stereocenters. The maximum Gasteiger partial charge on any atom is 0.248 e. The van der Waals surface area contributed by atoms with E-state index in [1.807, 2.05) is 7.05 Å². The molecule has 2 aliphatic heterocycles. The molecule has 5 heteroatoms. The van der Waals surface area contributed by atoms with Gasteiger partial charge in [-0.05, 0) is 0 Å². The van der Waals surface area contributed by atoms with Gasteiger partial charge in [-0.2, -0.15) is 0 Å². The highest BCUT2D eigenvalue weighted by Gasteiger charge is 2.43. The van der Waals surface area contributed by atoms with Crippen molar-refractivity contribution in [2.75, 3.05) is 33.3 Å². The first kappa shape index (κ1) is 9.77. The molecule has 1 N–H and O–H groups in total. The van der Waals surface area contributed by atoms with Crippen molar-refractivity contribution in [3.05, 3.63) is 0 Å². The molecule has 1 spiro atoms. The van der Waals surface area contributed by atoms with Gasteiger partial charge in [0.1, 0.15) is 12.2 Å². The predicted octanol–water partition coefficient (Wildman–Crippen LogP) is -0.761.